The summed E-state index contributed by atoms with van der Waals surface area (Å²) in [7, 11) is 2.07. The largest absolute Gasteiger partial charge is 0.373 e. The molecule has 3 heteroatoms. The van der Waals surface area contributed by atoms with E-state index in [4.69, 9.17) is 5.73 Å². The molecule has 0 aliphatic heterocycles. The summed E-state index contributed by atoms with van der Waals surface area (Å²) in [5.41, 5.74) is 7.55. The van der Waals surface area contributed by atoms with Gasteiger partial charge in [-0.1, -0.05) is 6.92 Å². The highest BCUT2D eigenvalue weighted by atomic mass is 15.1. The number of nitrogens with two attached hydrogens (primary N) is 1. The number of nitrogens with zero attached hydrogens (tertiary/aromatic N) is 2. The minimum Gasteiger partial charge on any atom is -0.373 e. The molecule has 0 unspecified atom stereocenters. The van der Waals surface area contributed by atoms with Gasteiger partial charge >= 0.3 is 0 Å². The van der Waals surface area contributed by atoms with Crippen molar-refractivity contribution in [2.75, 3.05) is 18.5 Å². The topological polar surface area (TPSA) is 42.1 Å². The van der Waals surface area contributed by atoms with E-state index >= 15 is 0 Å². The first-order valence-corrected chi connectivity index (χ1v) is 4.64. The minimum absolute atomic E-state index is 0.512. The molecular formula is C10H17N3. The first kappa shape index (κ1) is 9.99. The maximum absolute atomic E-state index is 5.46. The fourth-order valence-corrected chi connectivity index (χ4v) is 1.23. The fraction of sp³-hybridized carbons (Fsp3) is 0.500. The Balaban J connectivity index is 2.67. The third-order valence-electron chi connectivity index (χ3n) is 2.02. The monoisotopic (exact) mass is 179 g/mol. The lowest BCUT2D eigenvalue weighted by Gasteiger charge is -2.17. The summed E-state index contributed by atoms with van der Waals surface area (Å²) in [6.45, 7) is 3.74. The molecule has 0 atom stereocenters. The van der Waals surface area contributed by atoms with E-state index in [2.05, 4.69) is 29.9 Å². The van der Waals surface area contributed by atoms with Gasteiger partial charge in [-0.25, -0.2) is 0 Å². The lowest BCUT2D eigenvalue weighted by atomic mass is 10.3. The second kappa shape index (κ2) is 4.82. The maximum atomic E-state index is 5.46. The zero-order chi connectivity index (χ0) is 9.68. The fourth-order valence-electron chi connectivity index (χ4n) is 1.23. The zero-order valence-corrected chi connectivity index (χ0v) is 8.33. The summed E-state index contributed by atoms with van der Waals surface area (Å²) in [5, 5.41) is 0. The smallest absolute Gasteiger partial charge is 0.0550 e. The summed E-state index contributed by atoms with van der Waals surface area (Å²) in [6, 6.07) is 4.03. The Labute approximate surface area is 79.6 Å². The number of hydrogen-bond donors (Lipinski definition) is 1. The van der Waals surface area contributed by atoms with Crippen molar-refractivity contribution in [1.29, 1.82) is 0 Å². The molecular weight excluding hydrogens is 162 g/mol. The quantitative estimate of drug-likeness (QED) is 0.759. The van der Waals surface area contributed by atoms with Gasteiger partial charge in [-0.2, -0.15) is 0 Å². The van der Waals surface area contributed by atoms with Gasteiger partial charge in [0.1, 0.15) is 0 Å². The van der Waals surface area contributed by atoms with Crippen LogP contribution in [0.1, 0.15) is 19.0 Å². The highest BCUT2D eigenvalue weighted by Gasteiger charge is 1.99. The molecule has 0 bridgehead atoms. The third kappa shape index (κ3) is 2.70. The molecule has 0 fully saturated rings. The van der Waals surface area contributed by atoms with Gasteiger partial charge < -0.3 is 10.6 Å². The number of anilines is 1. The average Bonchev–Trinajstić information content (AvgIpc) is 2.18. The van der Waals surface area contributed by atoms with Crippen LogP contribution in [0.3, 0.4) is 0 Å². The van der Waals surface area contributed by atoms with Crippen LogP contribution in [0.2, 0.25) is 0 Å². The Hall–Kier alpha value is -1.09. The molecule has 1 rings (SSSR count). The highest BCUT2D eigenvalue weighted by molar-refractivity contribution is 5.43. The Morgan fingerprint density at radius 1 is 1.46 bits per heavy atom. The predicted octanol–water partition coefficient (Wildman–Crippen LogP) is 1.39. The summed E-state index contributed by atoms with van der Waals surface area (Å²) in [4.78, 5) is 6.42. The third-order valence-corrected chi connectivity index (χ3v) is 2.02. The lowest BCUT2D eigenvalue weighted by molar-refractivity contribution is 0.847. The van der Waals surface area contributed by atoms with Crippen molar-refractivity contribution in [2.45, 2.75) is 19.9 Å². The molecule has 0 saturated carbocycles. The van der Waals surface area contributed by atoms with Crippen LogP contribution >= 0.6 is 0 Å². The van der Waals surface area contributed by atoms with Crippen molar-refractivity contribution in [1.82, 2.24) is 4.98 Å². The van der Waals surface area contributed by atoms with Crippen LogP contribution in [0.5, 0.6) is 0 Å². The van der Waals surface area contributed by atoms with Crippen LogP contribution in [0, 0.1) is 0 Å². The molecule has 0 aromatic carbocycles. The summed E-state index contributed by atoms with van der Waals surface area (Å²) in [6.07, 6.45) is 3.02. The summed E-state index contributed by atoms with van der Waals surface area (Å²) >= 11 is 0. The van der Waals surface area contributed by atoms with E-state index < -0.39 is 0 Å². The van der Waals surface area contributed by atoms with Crippen LogP contribution in [0.15, 0.2) is 18.3 Å². The number of hydrogen-bond acceptors (Lipinski definition) is 3. The molecule has 0 saturated heterocycles. The van der Waals surface area contributed by atoms with Crippen LogP contribution in [-0.2, 0) is 6.54 Å². The Kier molecular flexibility index (Phi) is 3.71. The van der Waals surface area contributed by atoms with Crippen LogP contribution in [0.4, 0.5) is 5.69 Å². The molecule has 0 spiro atoms. The predicted molar refractivity (Wildman–Crippen MR) is 55.7 cm³/mol. The SMILES string of the molecule is CCCN(C)c1ccc(CN)nc1. The molecule has 13 heavy (non-hydrogen) atoms. The molecule has 72 valence electrons. The van der Waals surface area contributed by atoms with Crippen LogP contribution in [0.25, 0.3) is 0 Å². The first-order chi connectivity index (χ1) is 6.27. The average molecular weight is 179 g/mol. The van der Waals surface area contributed by atoms with Crippen molar-refractivity contribution in [3.8, 4) is 0 Å². The molecule has 0 radical (unpaired) electrons. The van der Waals surface area contributed by atoms with Gasteiger partial charge in [-0.15, -0.1) is 0 Å². The normalized spacial score (nSPS) is 10.1. The Morgan fingerprint density at radius 3 is 2.69 bits per heavy atom. The van der Waals surface area contributed by atoms with Gasteiger partial charge in [-0.3, -0.25) is 4.98 Å². The van der Waals surface area contributed by atoms with Gasteiger partial charge in [0, 0.05) is 20.1 Å². The van der Waals surface area contributed by atoms with Crippen molar-refractivity contribution < 1.29 is 0 Å². The highest BCUT2D eigenvalue weighted by Crippen LogP contribution is 2.10. The van der Waals surface area contributed by atoms with E-state index in [0.29, 0.717) is 6.54 Å². The van der Waals surface area contributed by atoms with E-state index in [-0.39, 0.29) is 0 Å². The number of pyridine rings is 1. The van der Waals surface area contributed by atoms with Gasteiger partial charge in [0.05, 0.1) is 17.6 Å². The van der Waals surface area contributed by atoms with E-state index in [1.54, 1.807) is 0 Å². The molecule has 3 nitrogen and oxygen atoms in total. The second-order valence-corrected chi connectivity index (χ2v) is 3.13. The van der Waals surface area contributed by atoms with E-state index in [1.165, 1.54) is 0 Å². The van der Waals surface area contributed by atoms with E-state index in [0.717, 1.165) is 24.3 Å². The number of rotatable bonds is 4. The van der Waals surface area contributed by atoms with Crippen LogP contribution in [-0.4, -0.2) is 18.6 Å². The standard InChI is InChI=1S/C10H17N3/c1-3-6-13(2)10-5-4-9(7-11)12-8-10/h4-5,8H,3,6-7,11H2,1-2H3. The lowest BCUT2D eigenvalue weighted by Crippen LogP contribution is -2.18. The van der Waals surface area contributed by atoms with Crippen LogP contribution < -0.4 is 10.6 Å². The number of aromatic nitrogens is 1. The molecule has 1 heterocycles. The summed E-state index contributed by atoms with van der Waals surface area (Å²) in [5.74, 6) is 0. The molecule has 2 N–H and O–H groups in total. The zero-order valence-electron chi connectivity index (χ0n) is 8.33. The van der Waals surface area contributed by atoms with Crippen molar-refractivity contribution in [2.24, 2.45) is 5.73 Å². The summed E-state index contributed by atoms with van der Waals surface area (Å²) < 4.78 is 0. The molecule has 0 aliphatic carbocycles. The van der Waals surface area contributed by atoms with Gasteiger partial charge in [0.2, 0.25) is 0 Å². The maximum Gasteiger partial charge on any atom is 0.0550 e. The van der Waals surface area contributed by atoms with E-state index in [1.807, 2.05) is 12.3 Å². The molecule has 0 amide bonds. The van der Waals surface area contributed by atoms with E-state index in [9.17, 15) is 0 Å². The van der Waals surface area contributed by atoms with Gasteiger partial charge in [0.25, 0.3) is 0 Å². The Bertz CT molecular complexity index is 243. The molecule has 1 aromatic heterocycles. The second-order valence-electron chi connectivity index (χ2n) is 3.13. The Morgan fingerprint density at radius 2 is 2.23 bits per heavy atom. The molecule has 1 aromatic rings. The minimum atomic E-state index is 0.512. The van der Waals surface area contributed by atoms with Gasteiger partial charge in [-0.05, 0) is 18.6 Å². The first-order valence-electron chi connectivity index (χ1n) is 4.64. The molecule has 0 aliphatic rings. The van der Waals surface area contributed by atoms with Gasteiger partial charge in [0.15, 0.2) is 0 Å². The van der Waals surface area contributed by atoms with Crippen molar-refractivity contribution >= 4 is 5.69 Å². The van der Waals surface area contributed by atoms with Crippen molar-refractivity contribution in [3.63, 3.8) is 0 Å². The van der Waals surface area contributed by atoms with Crippen molar-refractivity contribution in [3.05, 3.63) is 24.0 Å².